The fourth-order valence-electron chi connectivity index (χ4n) is 4.85. The lowest BCUT2D eigenvalue weighted by atomic mass is 9.98. The van der Waals surface area contributed by atoms with Gasteiger partial charge in [-0.25, -0.2) is 4.79 Å². The largest absolute Gasteiger partial charge is 0.508 e. The van der Waals surface area contributed by atoms with Crippen LogP contribution in [0.2, 0.25) is 0 Å². The topological polar surface area (TPSA) is 108 Å². The molecule has 226 valence electrons. The van der Waals surface area contributed by atoms with Crippen LogP contribution in [0.25, 0.3) is 10.8 Å². The lowest BCUT2D eigenvalue weighted by Gasteiger charge is -2.35. The highest BCUT2D eigenvalue weighted by molar-refractivity contribution is 6.00. The van der Waals surface area contributed by atoms with E-state index >= 15 is 0 Å². The summed E-state index contributed by atoms with van der Waals surface area (Å²) in [5.41, 5.74) is 0.324. The van der Waals surface area contributed by atoms with Crippen LogP contribution in [0, 0.1) is 5.92 Å². The SMILES string of the molecule is CCCCCCN(C(=O)C(NC(=O)OC(C)(C)C)C(C)C)C(C(=O)Nc1ccc2ccccc2c1)c1cccc(O)c1. The molecular formula is C34H45N3O5. The Morgan fingerprint density at radius 1 is 0.905 bits per heavy atom. The van der Waals surface area contributed by atoms with Crippen LogP contribution in [0.1, 0.15) is 78.8 Å². The van der Waals surface area contributed by atoms with Gasteiger partial charge in [0.05, 0.1) is 0 Å². The molecule has 0 radical (unpaired) electrons. The number of benzene rings is 3. The Morgan fingerprint density at radius 2 is 1.62 bits per heavy atom. The van der Waals surface area contributed by atoms with Crippen molar-refractivity contribution in [2.45, 2.75) is 84.9 Å². The number of phenols is 1. The number of hydrogen-bond acceptors (Lipinski definition) is 5. The summed E-state index contributed by atoms with van der Waals surface area (Å²) in [6.07, 6.45) is 2.86. The van der Waals surface area contributed by atoms with Crippen molar-refractivity contribution in [1.82, 2.24) is 10.2 Å². The molecule has 0 saturated heterocycles. The van der Waals surface area contributed by atoms with E-state index in [4.69, 9.17) is 4.74 Å². The third kappa shape index (κ3) is 9.23. The number of phenolic OH excluding ortho intramolecular Hbond substituents is 1. The van der Waals surface area contributed by atoms with E-state index < -0.39 is 35.6 Å². The molecule has 8 nitrogen and oxygen atoms in total. The Balaban J connectivity index is 2.02. The number of carbonyl (C=O) groups excluding carboxylic acids is 3. The molecule has 0 bridgehead atoms. The van der Waals surface area contributed by atoms with Crippen LogP contribution in [0.4, 0.5) is 10.5 Å². The van der Waals surface area contributed by atoms with Crippen molar-refractivity contribution < 1.29 is 24.2 Å². The van der Waals surface area contributed by atoms with Gasteiger partial charge < -0.3 is 25.4 Å². The van der Waals surface area contributed by atoms with Gasteiger partial charge in [-0.2, -0.15) is 0 Å². The van der Waals surface area contributed by atoms with Crippen molar-refractivity contribution in [3.63, 3.8) is 0 Å². The first-order valence-corrected chi connectivity index (χ1v) is 14.8. The molecule has 0 aliphatic heterocycles. The number of amides is 3. The lowest BCUT2D eigenvalue weighted by Crippen LogP contribution is -2.54. The summed E-state index contributed by atoms with van der Waals surface area (Å²) in [5, 5.41) is 18.1. The van der Waals surface area contributed by atoms with E-state index in [0.717, 1.165) is 30.0 Å². The van der Waals surface area contributed by atoms with Crippen LogP contribution >= 0.6 is 0 Å². The number of unbranched alkanes of at least 4 members (excludes halogenated alkanes) is 3. The molecule has 0 heterocycles. The van der Waals surface area contributed by atoms with E-state index in [-0.39, 0.29) is 11.7 Å². The highest BCUT2D eigenvalue weighted by atomic mass is 16.6. The standard InChI is InChI=1S/C34H45N3O5/c1-7-8-9-12-20-37(32(40)29(23(2)3)36-33(41)42-34(4,5)6)30(26-16-13-17-28(38)22-26)31(39)35-27-19-18-24-14-10-11-15-25(24)21-27/h10-11,13-19,21-23,29-30,38H,7-9,12,20H2,1-6H3,(H,35,39)(H,36,41). The van der Waals surface area contributed by atoms with Crippen LogP contribution in [-0.4, -0.2) is 46.1 Å². The van der Waals surface area contributed by atoms with Gasteiger partial charge in [0, 0.05) is 12.2 Å². The smallest absolute Gasteiger partial charge is 0.408 e. The fraction of sp³-hybridized carbons (Fsp3) is 0.441. The van der Waals surface area contributed by atoms with Gasteiger partial charge in [0.15, 0.2) is 0 Å². The normalized spacial score (nSPS) is 12.9. The Labute approximate surface area is 249 Å². The number of alkyl carbamates (subject to hydrolysis) is 1. The molecule has 0 fully saturated rings. The molecule has 2 unspecified atom stereocenters. The third-order valence-corrected chi connectivity index (χ3v) is 6.90. The molecule has 3 rings (SSSR count). The summed E-state index contributed by atoms with van der Waals surface area (Å²) in [6, 6.07) is 17.9. The molecule has 3 aromatic carbocycles. The van der Waals surface area contributed by atoms with Gasteiger partial charge in [-0.15, -0.1) is 0 Å². The zero-order chi connectivity index (χ0) is 30.9. The molecular weight excluding hydrogens is 530 g/mol. The summed E-state index contributed by atoms with van der Waals surface area (Å²) in [5.74, 6) is -1.10. The maximum Gasteiger partial charge on any atom is 0.408 e. The molecule has 8 heteroatoms. The van der Waals surface area contributed by atoms with E-state index in [1.807, 2.05) is 56.3 Å². The van der Waals surface area contributed by atoms with Crippen molar-refractivity contribution in [3.05, 3.63) is 72.3 Å². The number of anilines is 1. The maximum atomic E-state index is 14.3. The minimum absolute atomic E-state index is 0.0123. The van der Waals surface area contributed by atoms with E-state index in [2.05, 4.69) is 17.6 Å². The number of fused-ring (bicyclic) bond motifs is 1. The molecule has 0 aliphatic rings. The first-order chi connectivity index (χ1) is 19.9. The molecule has 42 heavy (non-hydrogen) atoms. The maximum absolute atomic E-state index is 14.3. The predicted octanol–water partition coefficient (Wildman–Crippen LogP) is 7.18. The zero-order valence-electron chi connectivity index (χ0n) is 25.6. The van der Waals surface area contributed by atoms with Gasteiger partial charge in [0.2, 0.25) is 5.91 Å². The Bertz CT molecular complexity index is 1360. The van der Waals surface area contributed by atoms with Crippen LogP contribution in [0.5, 0.6) is 5.75 Å². The second kappa shape index (κ2) is 14.7. The van der Waals surface area contributed by atoms with Gasteiger partial charge >= 0.3 is 6.09 Å². The first-order valence-electron chi connectivity index (χ1n) is 14.8. The van der Waals surface area contributed by atoms with E-state index in [0.29, 0.717) is 24.2 Å². The van der Waals surface area contributed by atoms with Crippen molar-refractivity contribution >= 4 is 34.4 Å². The van der Waals surface area contributed by atoms with Crippen LogP contribution in [-0.2, 0) is 14.3 Å². The van der Waals surface area contributed by atoms with Gasteiger partial charge in [0.25, 0.3) is 5.91 Å². The number of ether oxygens (including phenoxy) is 1. The Hall–Kier alpha value is -4.07. The molecule has 0 aliphatic carbocycles. The molecule has 3 N–H and O–H groups in total. The number of nitrogens with one attached hydrogen (secondary N) is 2. The summed E-state index contributed by atoms with van der Waals surface area (Å²) in [7, 11) is 0. The highest BCUT2D eigenvalue weighted by Gasteiger charge is 2.37. The molecule has 2 atom stereocenters. The van der Waals surface area contributed by atoms with Crippen molar-refractivity contribution in [2.24, 2.45) is 5.92 Å². The lowest BCUT2D eigenvalue weighted by molar-refractivity contribution is -0.141. The molecule has 0 spiro atoms. The average molecular weight is 576 g/mol. The summed E-state index contributed by atoms with van der Waals surface area (Å²) >= 11 is 0. The number of nitrogens with zero attached hydrogens (tertiary/aromatic N) is 1. The Kier molecular flexibility index (Phi) is 11.4. The monoisotopic (exact) mass is 575 g/mol. The summed E-state index contributed by atoms with van der Waals surface area (Å²) in [6.45, 7) is 11.4. The molecule has 3 amide bonds. The van der Waals surface area contributed by atoms with Crippen molar-refractivity contribution in [2.75, 3.05) is 11.9 Å². The number of aromatic hydroxyl groups is 1. The molecule has 0 saturated carbocycles. The fourth-order valence-corrected chi connectivity index (χ4v) is 4.85. The predicted molar refractivity (Wildman–Crippen MR) is 167 cm³/mol. The number of carbonyl (C=O) groups is 3. The second-order valence-corrected chi connectivity index (χ2v) is 12.0. The minimum atomic E-state index is -1.06. The summed E-state index contributed by atoms with van der Waals surface area (Å²) < 4.78 is 5.45. The molecule has 0 aromatic heterocycles. The van der Waals surface area contributed by atoms with E-state index in [9.17, 15) is 19.5 Å². The average Bonchev–Trinajstić information content (AvgIpc) is 2.91. The van der Waals surface area contributed by atoms with Gasteiger partial charge in [0.1, 0.15) is 23.4 Å². The highest BCUT2D eigenvalue weighted by Crippen LogP contribution is 2.29. The van der Waals surface area contributed by atoms with E-state index in [1.165, 1.54) is 17.0 Å². The van der Waals surface area contributed by atoms with Crippen LogP contribution in [0.15, 0.2) is 66.7 Å². The molecule has 3 aromatic rings. The van der Waals surface area contributed by atoms with Gasteiger partial charge in [-0.3, -0.25) is 9.59 Å². The summed E-state index contributed by atoms with van der Waals surface area (Å²) in [4.78, 5) is 42.7. The zero-order valence-corrected chi connectivity index (χ0v) is 25.6. The van der Waals surface area contributed by atoms with E-state index in [1.54, 1.807) is 32.9 Å². The third-order valence-electron chi connectivity index (χ3n) is 6.90. The Morgan fingerprint density at radius 3 is 2.26 bits per heavy atom. The second-order valence-electron chi connectivity index (χ2n) is 12.0. The van der Waals surface area contributed by atoms with Gasteiger partial charge in [-0.1, -0.05) is 82.5 Å². The van der Waals surface area contributed by atoms with Crippen LogP contribution in [0.3, 0.4) is 0 Å². The minimum Gasteiger partial charge on any atom is -0.508 e. The number of rotatable bonds is 12. The van der Waals surface area contributed by atoms with Gasteiger partial charge in [-0.05, 0) is 73.7 Å². The van der Waals surface area contributed by atoms with Crippen molar-refractivity contribution in [1.29, 1.82) is 0 Å². The quantitative estimate of drug-likeness (QED) is 0.198. The first kappa shape index (κ1) is 32.4. The van der Waals surface area contributed by atoms with Crippen molar-refractivity contribution in [3.8, 4) is 5.75 Å². The van der Waals surface area contributed by atoms with Crippen LogP contribution < -0.4 is 10.6 Å². The number of hydrogen-bond donors (Lipinski definition) is 3.